The second-order valence-electron chi connectivity index (χ2n) is 8.32. The monoisotopic (exact) mass is 516 g/mol. The minimum atomic E-state index is -1.55. The molecule has 0 spiro atoms. The highest BCUT2D eigenvalue weighted by Gasteiger charge is 2.50. The van der Waals surface area contributed by atoms with E-state index in [4.69, 9.17) is 23.4 Å². The van der Waals surface area contributed by atoms with Crippen molar-refractivity contribution in [1.29, 1.82) is 0 Å². The molecular weight excluding hydrogens is 492 g/mol. The SMILES string of the molecule is CC(=O)O[C@H]1[C@H](Oc2cc(O)c3c(=O)cc(-c4ccc(O)cc4)oc3c2)O[C@H](CO)[C@@H](O)[C@@H]1OC(C)=O. The number of phenolic OH excluding ortho intramolecular Hbond substituents is 2. The number of ether oxygens (including phenoxy) is 4. The summed E-state index contributed by atoms with van der Waals surface area (Å²) in [5.74, 6) is -1.97. The van der Waals surface area contributed by atoms with Gasteiger partial charge in [-0.2, -0.15) is 0 Å². The van der Waals surface area contributed by atoms with Crippen LogP contribution in [0.2, 0.25) is 0 Å². The molecule has 0 saturated carbocycles. The molecule has 0 radical (unpaired) electrons. The third kappa shape index (κ3) is 5.50. The average Bonchev–Trinajstić information content (AvgIpc) is 2.82. The lowest BCUT2D eigenvalue weighted by molar-refractivity contribution is -0.285. The van der Waals surface area contributed by atoms with Gasteiger partial charge in [-0.15, -0.1) is 0 Å². The first-order valence-electron chi connectivity index (χ1n) is 11.1. The van der Waals surface area contributed by atoms with Crippen molar-refractivity contribution in [3.05, 3.63) is 52.7 Å². The Morgan fingerprint density at radius 1 is 0.973 bits per heavy atom. The Balaban J connectivity index is 1.74. The number of esters is 2. The highest BCUT2D eigenvalue weighted by atomic mass is 16.7. The lowest BCUT2D eigenvalue weighted by Crippen LogP contribution is -2.62. The number of aliphatic hydroxyl groups excluding tert-OH is 2. The molecule has 12 heteroatoms. The van der Waals surface area contributed by atoms with E-state index in [-0.39, 0.29) is 28.2 Å². The summed E-state index contributed by atoms with van der Waals surface area (Å²) >= 11 is 0. The maximum atomic E-state index is 12.7. The van der Waals surface area contributed by atoms with Gasteiger partial charge in [-0.05, 0) is 24.3 Å². The first-order valence-corrected chi connectivity index (χ1v) is 11.1. The van der Waals surface area contributed by atoms with Crippen LogP contribution >= 0.6 is 0 Å². The number of hydrogen-bond acceptors (Lipinski definition) is 12. The van der Waals surface area contributed by atoms with Crippen molar-refractivity contribution in [3.63, 3.8) is 0 Å². The first-order chi connectivity index (χ1) is 17.6. The number of carbonyl (C=O) groups excluding carboxylic acids is 2. The standard InChI is InChI=1S/C25H24O12/c1-11(27)33-23-22(32)20(10-26)37-25(24(23)34-12(2)28)35-15-7-16(30)21-17(31)9-18(36-19(21)8-15)13-3-5-14(29)6-4-13/h3-9,20,22-26,29-30,32H,10H2,1-2H3/t20-,22-,23+,24-,25-/m1/s1. The maximum Gasteiger partial charge on any atom is 0.303 e. The van der Waals surface area contributed by atoms with Gasteiger partial charge in [0.15, 0.2) is 11.5 Å². The van der Waals surface area contributed by atoms with Crippen molar-refractivity contribution in [2.45, 2.75) is 44.6 Å². The fourth-order valence-electron chi connectivity index (χ4n) is 3.99. The van der Waals surface area contributed by atoms with E-state index in [0.29, 0.717) is 5.56 Å². The highest BCUT2D eigenvalue weighted by Crippen LogP contribution is 2.34. The molecule has 4 rings (SSSR count). The Bertz CT molecular complexity index is 1360. The van der Waals surface area contributed by atoms with Gasteiger partial charge >= 0.3 is 11.9 Å². The van der Waals surface area contributed by atoms with Crippen molar-refractivity contribution in [3.8, 4) is 28.6 Å². The van der Waals surface area contributed by atoms with E-state index in [1.165, 1.54) is 36.4 Å². The molecule has 196 valence electrons. The van der Waals surface area contributed by atoms with Crippen LogP contribution in [0.3, 0.4) is 0 Å². The van der Waals surface area contributed by atoms with E-state index in [1.807, 2.05) is 0 Å². The Morgan fingerprint density at radius 3 is 2.24 bits per heavy atom. The molecule has 37 heavy (non-hydrogen) atoms. The van der Waals surface area contributed by atoms with Crippen LogP contribution in [0.5, 0.6) is 17.2 Å². The number of fused-ring (bicyclic) bond motifs is 1. The predicted octanol–water partition coefficient (Wildman–Crippen LogP) is 1.19. The number of phenols is 2. The van der Waals surface area contributed by atoms with Crippen LogP contribution < -0.4 is 10.2 Å². The van der Waals surface area contributed by atoms with Gasteiger partial charge in [0.05, 0.1) is 6.61 Å². The van der Waals surface area contributed by atoms with E-state index < -0.39 is 60.4 Å². The summed E-state index contributed by atoms with van der Waals surface area (Å²) in [5.41, 5.74) is -0.115. The molecule has 0 bridgehead atoms. The van der Waals surface area contributed by atoms with Gasteiger partial charge in [0, 0.05) is 37.6 Å². The summed E-state index contributed by atoms with van der Waals surface area (Å²) in [6.45, 7) is 1.50. The molecule has 1 aromatic heterocycles. The fourth-order valence-corrected chi connectivity index (χ4v) is 3.99. The summed E-state index contributed by atoms with van der Waals surface area (Å²) in [4.78, 5) is 36.1. The summed E-state index contributed by atoms with van der Waals surface area (Å²) in [7, 11) is 0. The molecule has 0 amide bonds. The number of aromatic hydroxyl groups is 2. The molecule has 3 aromatic rings. The quantitative estimate of drug-likeness (QED) is 0.344. The first kappa shape index (κ1) is 25.9. The maximum absolute atomic E-state index is 12.7. The van der Waals surface area contributed by atoms with Gasteiger partial charge in [-0.1, -0.05) is 0 Å². The second kappa shape index (κ2) is 10.5. The minimum Gasteiger partial charge on any atom is -0.508 e. The molecule has 5 atom stereocenters. The van der Waals surface area contributed by atoms with Gasteiger partial charge in [0.25, 0.3) is 0 Å². The lowest BCUT2D eigenvalue weighted by Gasteiger charge is -2.42. The van der Waals surface area contributed by atoms with Crippen LogP contribution in [0, 0.1) is 0 Å². The van der Waals surface area contributed by atoms with Crippen molar-refractivity contribution >= 4 is 22.9 Å². The van der Waals surface area contributed by atoms with Crippen LogP contribution in [-0.4, -0.2) is 69.7 Å². The number of hydrogen-bond donors (Lipinski definition) is 4. The zero-order valence-corrected chi connectivity index (χ0v) is 19.7. The van der Waals surface area contributed by atoms with Crippen LogP contribution in [0.25, 0.3) is 22.3 Å². The van der Waals surface area contributed by atoms with Crippen molar-refractivity contribution in [2.75, 3.05) is 6.61 Å². The minimum absolute atomic E-state index is 0.0217. The topological polar surface area (TPSA) is 182 Å². The summed E-state index contributed by atoms with van der Waals surface area (Å²) < 4.78 is 27.5. The number of carbonyl (C=O) groups is 2. The molecule has 2 aromatic carbocycles. The van der Waals surface area contributed by atoms with Crippen LogP contribution in [0.1, 0.15) is 13.8 Å². The molecule has 0 unspecified atom stereocenters. The zero-order valence-electron chi connectivity index (χ0n) is 19.7. The van der Waals surface area contributed by atoms with E-state index in [9.17, 15) is 34.8 Å². The van der Waals surface area contributed by atoms with E-state index in [2.05, 4.69) is 0 Å². The van der Waals surface area contributed by atoms with Gasteiger partial charge in [-0.3, -0.25) is 14.4 Å². The Morgan fingerprint density at radius 2 is 1.62 bits per heavy atom. The number of benzene rings is 2. The van der Waals surface area contributed by atoms with E-state index in [0.717, 1.165) is 19.9 Å². The third-order valence-electron chi connectivity index (χ3n) is 5.59. The lowest BCUT2D eigenvalue weighted by atomic mass is 9.98. The van der Waals surface area contributed by atoms with Gasteiger partial charge in [0.1, 0.15) is 46.2 Å². The highest BCUT2D eigenvalue weighted by molar-refractivity contribution is 5.86. The number of aliphatic hydroxyl groups is 2. The van der Waals surface area contributed by atoms with Crippen molar-refractivity contribution < 1.29 is 53.4 Å². The molecule has 12 nitrogen and oxygen atoms in total. The Kier molecular flexibility index (Phi) is 7.34. The summed E-state index contributed by atoms with van der Waals surface area (Å²) in [6, 6.07) is 9.48. The number of rotatable bonds is 6. The molecule has 0 aliphatic carbocycles. The molecule has 2 heterocycles. The summed E-state index contributed by atoms with van der Waals surface area (Å²) in [6.07, 6.45) is -7.21. The Hall–Kier alpha value is -4.13. The Labute approximate surface area is 209 Å². The molecule has 1 fully saturated rings. The zero-order chi connectivity index (χ0) is 26.9. The van der Waals surface area contributed by atoms with Crippen LogP contribution in [-0.2, 0) is 23.8 Å². The summed E-state index contributed by atoms with van der Waals surface area (Å²) in [5, 5.41) is 40.1. The van der Waals surface area contributed by atoms with Crippen molar-refractivity contribution in [2.24, 2.45) is 0 Å². The van der Waals surface area contributed by atoms with E-state index in [1.54, 1.807) is 0 Å². The average molecular weight is 516 g/mol. The third-order valence-corrected chi connectivity index (χ3v) is 5.59. The normalized spacial score (nSPS) is 23.4. The smallest absolute Gasteiger partial charge is 0.303 e. The molecule has 4 N–H and O–H groups in total. The second-order valence-corrected chi connectivity index (χ2v) is 8.32. The van der Waals surface area contributed by atoms with Crippen LogP contribution in [0.15, 0.2) is 51.7 Å². The molecule has 1 saturated heterocycles. The van der Waals surface area contributed by atoms with Crippen molar-refractivity contribution in [1.82, 2.24) is 0 Å². The predicted molar refractivity (Wildman–Crippen MR) is 125 cm³/mol. The largest absolute Gasteiger partial charge is 0.508 e. The van der Waals surface area contributed by atoms with Crippen LogP contribution in [0.4, 0.5) is 0 Å². The van der Waals surface area contributed by atoms with E-state index >= 15 is 0 Å². The van der Waals surface area contributed by atoms with Gasteiger partial charge in [-0.25, -0.2) is 0 Å². The molecule has 1 aliphatic rings. The van der Waals surface area contributed by atoms with Gasteiger partial charge < -0.3 is 43.8 Å². The molecule has 1 aliphatic heterocycles. The molecular formula is C25H24O12. The fraction of sp³-hybridized carbons (Fsp3) is 0.320. The van der Waals surface area contributed by atoms with Gasteiger partial charge in [0.2, 0.25) is 12.4 Å².